The highest BCUT2D eigenvalue weighted by molar-refractivity contribution is 5.74. The summed E-state index contributed by atoms with van der Waals surface area (Å²) in [7, 11) is 0. The van der Waals surface area contributed by atoms with Crippen molar-refractivity contribution in [3.8, 4) is 16.9 Å². The van der Waals surface area contributed by atoms with Crippen LogP contribution in [0.3, 0.4) is 0 Å². The highest BCUT2D eigenvalue weighted by Gasteiger charge is 2.41. The van der Waals surface area contributed by atoms with Gasteiger partial charge in [0, 0.05) is 16.7 Å². The molecule has 3 atom stereocenters. The minimum atomic E-state index is -1.24. The summed E-state index contributed by atoms with van der Waals surface area (Å²) in [6.45, 7) is 4.26. The maximum absolute atomic E-state index is 15.1. The number of fused-ring (bicyclic) bond motifs is 1. The predicted molar refractivity (Wildman–Crippen MR) is 115 cm³/mol. The Hall–Kier alpha value is -2.30. The lowest BCUT2D eigenvalue weighted by atomic mass is 9.85. The minimum absolute atomic E-state index is 0.231. The van der Waals surface area contributed by atoms with Crippen molar-refractivity contribution in [2.45, 2.75) is 52.4 Å². The lowest BCUT2D eigenvalue weighted by molar-refractivity contribution is 0.295. The van der Waals surface area contributed by atoms with Gasteiger partial charge in [0.15, 0.2) is 23.2 Å². The molecular weight excluding hydrogens is 404 g/mol. The number of allylic oxidation sites excluding steroid dienone is 2. The van der Waals surface area contributed by atoms with Crippen LogP contribution in [0.15, 0.2) is 30.3 Å². The Balaban J connectivity index is 1.64. The average Bonchev–Trinajstić information content (AvgIpc) is 3.35. The lowest BCUT2D eigenvalue weighted by Crippen LogP contribution is -2.11. The number of hydrogen-bond donors (Lipinski definition) is 0. The van der Waals surface area contributed by atoms with Gasteiger partial charge < -0.3 is 4.74 Å². The summed E-state index contributed by atoms with van der Waals surface area (Å²) in [5.74, 6) is -3.41. The molecule has 0 bridgehead atoms. The first kappa shape index (κ1) is 21.9. The third-order valence-electron chi connectivity index (χ3n) is 6.83. The van der Waals surface area contributed by atoms with Crippen LogP contribution in [-0.4, -0.2) is 6.61 Å². The van der Waals surface area contributed by atoms with Crippen molar-refractivity contribution >= 4 is 5.57 Å². The normalized spacial score (nSPS) is 22.5. The van der Waals surface area contributed by atoms with E-state index in [1.54, 1.807) is 0 Å². The van der Waals surface area contributed by atoms with Gasteiger partial charge in [-0.2, -0.15) is 4.39 Å². The van der Waals surface area contributed by atoms with Gasteiger partial charge in [0.05, 0.1) is 6.61 Å². The highest BCUT2D eigenvalue weighted by atomic mass is 19.2. The first-order chi connectivity index (χ1) is 15.0. The fourth-order valence-corrected chi connectivity index (χ4v) is 5.39. The topological polar surface area (TPSA) is 9.23 Å². The quantitative estimate of drug-likeness (QED) is 0.404. The standard InChI is InChI=1S/C26H28F4O/c1-3-5-15-6-7-17-16(15)8-9-18(17)19-10-11-20(24(28)23(19)27)21-12-13-22(31-14-4-2)26(30)25(21)29/h9-13,15-17H,3-8,14H2,1-2H3. The Kier molecular flexibility index (Phi) is 6.40. The van der Waals surface area contributed by atoms with Crippen LogP contribution in [0.25, 0.3) is 16.7 Å². The van der Waals surface area contributed by atoms with E-state index in [1.807, 2.05) is 13.0 Å². The Bertz CT molecular complexity index is 997. The van der Waals surface area contributed by atoms with Gasteiger partial charge in [0.25, 0.3) is 0 Å². The van der Waals surface area contributed by atoms with E-state index >= 15 is 8.78 Å². The van der Waals surface area contributed by atoms with Crippen LogP contribution in [-0.2, 0) is 0 Å². The van der Waals surface area contributed by atoms with Crippen molar-refractivity contribution < 1.29 is 22.3 Å². The summed E-state index contributed by atoms with van der Waals surface area (Å²) >= 11 is 0. The average molecular weight is 433 g/mol. The molecule has 0 N–H and O–H groups in total. The van der Waals surface area contributed by atoms with Crippen LogP contribution in [0.1, 0.15) is 57.9 Å². The second-order valence-corrected chi connectivity index (χ2v) is 8.67. The van der Waals surface area contributed by atoms with Crippen LogP contribution in [0, 0.1) is 41.0 Å². The first-order valence-electron chi connectivity index (χ1n) is 11.3. The molecule has 2 aliphatic rings. The van der Waals surface area contributed by atoms with Gasteiger partial charge in [-0.3, -0.25) is 0 Å². The zero-order chi connectivity index (χ0) is 22.1. The molecule has 0 amide bonds. The maximum atomic E-state index is 15.1. The van der Waals surface area contributed by atoms with Crippen LogP contribution in [0.5, 0.6) is 5.75 Å². The summed E-state index contributed by atoms with van der Waals surface area (Å²) < 4.78 is 64.3. The Morgan fingerprint density at radius 3 is 2.16 bits per heavy atom. The van der Waals surface area contributed by atoms with Gasteiger partial charge in [-0.05, 0) is 61.1 Å². The molecule has 0 radical (unpaired) electrons. The predicted octanol–water partition coefficient (Wildman–Crippen LogP) is 7.93. The molecule has 1 fully saturated rings. The summed E-state index contributed by atoms with van der Waals surface area (Å²) in [5.41, 5.74) is 0.507. The Morgan fingerprint density at radius 2 is 1.45 bits per heavy atom. The summed E-state index contributed by atoms with van der Waals surface area (Å²) in [4.78, 5) is 0. The Labute approximate surface area is 181 Å². The molecule has 2 aromatic carbocycles. The first-order valence-corrected chi connectivity index (χ1v) is 11.3. The number of halogens is 4. The number of rotatable bonds is 7. The number of ether oxygens (including phenoxy) is 1. The van der Waals surface area contributed by atoms with E-state index in [0.717, 1.165) is 31.3 Å². The van der Waals surface area contributed by atoms with Crippen molar-refractivity contribution in [2.75, 3.05) is 6.61 Å². The molecule has 4 rings (SSSR count). The molecule has 3 unspecified atom stereocenters. The van der Waals surface area contributed by atoms with Crippen molar-refractivity contribution in [3.63, 3.8) is 0 Å². The van der Waals surface area contributed by atoms with Crippen molar-refractivity contribution in [1.29, 1.82) is 0 Å². The summed E-state index contributed by atoms with van der Waals surface area (Å²) in [6, 6.07) is 5.35. The third kappa shape index (κ3) is 3.88. The van der Waals surface area contributed by atoms with E-state index < -0.39 is 23.3 Å². The monoisotopic (exact) mass is 432 g/mol. The molecule has 166 valence electrons. The summed E-state index contributed by atoms with van der Waals surface area (Å²) in [6.07, 6.45) is 7.98. The number of hydrogen-bond acceptors (Lipinski definition) is 1. The lowest BCUT2D eigenvalue weighted by Gasteiger charge is -2.20. The van der Waals surface area contributed by atoms with Crippen LogP contribution in [0.4, 0.5) is 17.6 Å². The van der Waals surface area contributed by atoms with Crippen molar-refractivity contribution in [1.82, 2.24) is 0 Å². The number of benzene rings is 2. The second kappa shape index (κ2) is 9.05. The largest absolute Gasteiger partial charge is 0.490 e. The highest BCUT2D eigenvalue weighted by Crippen LogP contribution is 2.52. The SMILES string of the molecule is CCCOc1ccc(-c2ccc(C3=CCC4C(CCC)CCC34)c(F)c2F)c(F)c1F. The maximum Gasteiger partial charge on any atom is 0.201 e. The third-order valence-corrected chi connectivity index (χ3v) is 6.83. The van der Waals surface area contributed by atoms with E-state index in [2.05, 4.69) is 6.92 Å². The van der Waals surface area contributed by atoms with Gasteiger partial charge in [-0.1, -0.05) is 44.9 Å². The molecule has 31 heavy (non-hydrogen) atoms. The van der Waals surface area contributed by atoms with Gasteiger partial charge in [0.2, 0.25) is 5.82 Å². The van der Waals surface area contributed by atoms with E-state index in [9.17, 15) is 8.78 Å². The molecule has 1 nitrogen and oxygen atoms in total. The van der Waals surface area contributed by atoms with E-state index in [4.69, 9.17) is 4.74 Å². The zero-order valence-electron chi connectivity index (χ0n) is 18.0. The molecular formula is C26H28F4O. The molecule has 5 heteroatoms. The zero-order valence-corrected chi connectivity index (χ0v) is 18.0. The van der Waals surface area contributed by atoms with Crippen LogP contribution >= 0.6 is 0 Å². The van der Waals surface area contributed by atoms with Crippen LogP contribution < -0.4 is 4.74 Å². The molecule has 0 spiro atoms. The molecule has 1 saturated carbocycles. The molecule has 0 saturated heterocycles. The van der Waals surface area contributed by atoms with Gasteiger partial charge in [-0.25, -0.2) is 13.2 Å². The van der Waals surface area contributed by atoms with Gasteiger partial charge in [0.1, 0.15) is 0 Å². The molecule has 0 heterocycles. The van der Waals surface area contributed by atoms with E-state index in [1.165, 1.54) is 30.7 Å². The molecule has 0 aliphatic heterocycles. The van der Waals surface area contributed by atoms with Gasteiger partial charge in [-0.15, -0.1) is 0 Å². The molecule has 2 aromatic rings. The second-order valence-electron chi connectivity index (χ2n) is 8.67. The fraction of sp³-hybridized carbons (Fsp3) is 0.462. The van der Waals surface area contributed by atoms with E-state index in [-0.39, 0.29) is 35.0 Å². The Morgan fingerprint density at radius 1 is 0.806 bits per heavy atom. The summed E-state index contributed by atoms with van der Waals surface area (Å²) in [5, 5.41) is 0. The van der Waals surface area contributed by atoms with E-state index in [0.29, 0.717) is 18.3 Å². The van der Waals surface area contributed by atoms with Crippen molar-refractivity contribution in [3.05, 3.63) is 59.2 Å². The molecule has 0 aromatic heterocycles. The fourth-order valence-electron chi connectivity index (χ4n) is 5.39. The van der Waals surface area contributed by atoms with Crippen molar-refractivity contribution in [2.24, 2.45) is 17.8 Å². The van der Waals surface area contributed by atoms with Crippen LogP contribution in [0.2, 0.25) is 0 Å². The minimum Gasteiger partial charge on any atom is -0.490 e. The molecule has 2 aliphatic carbocycles. The smallest absolute Gasteiger partial charge is 0.201 e. The van der Waals surface area contributed by atoms with Gasteiger partial charge >= 0.3 is 0 Å².